The van der Waals surface area contributed by atoms with Crippen LogP contribution in [0.15, 0.2) is 35.5 Å². The SMILES string of the molecule is CC(=O)C1=C(C)N(C)C(=O)NC1c1cccc([N+](=O)[O-])c1. The number of hydrogen-bond acceptors (Lipinski definition) is 4. The summed E-state index contributed by atoms with van der Waals surface area (Å²) in [5.41, 5.74) is 1.40. The number of carbonyl (C=O) groups is 2. The number of benzene rings is 1. The first-order valence-electron chi connectivity index (χ1n) is 6.33. The number of Topliss-reactive ketones (excluding diaryl/α,β-unsaturated/α-hetero) is 1. The van der Waals surface area contributed by atoms with Crippen LogP contribution in [0.25, 0.3) is 0 Å². The standard InChI is InChI=1S/C14H15N3O4/c1-8-12(9(2)18)13(15-14(19)16(8)3)10-5-4-6-11(7-10)17(20)21/h4-7,13H,1-3H3,(H,15,19). The molecular formula is C14H15N3O4. The number of hydrogen-bond donors (Lipinski definition) is 1. The van der Waals surface area contributed by atoms with Crippen LogP contribution in [0.1, 0.15) is 25.5 Å². The van der Waals surface area contributed by atoms with E-state index < -0.39 is 11.0 Å². The summed E-state index contributed by atoms with van der Waals surface area (Å²) in [6, 6.07) is 4.89. The van der Waals surface area contributed by atoms with Crippen molar-refractivity contribution in [1.82, 2.24) is 10.2 Å². The minimum atomic E-state index is -0.675. The molecule has 2 rings (SSSR count). The molecule has 7 nitrogen and oxygen atoms in total. The average molecular weight is 289 g/mol. The van der Waals surface area contributed by atoms with Gasteiger partial charge in [-0.05, 0) is 19.4 Å². The van der Waals surface area contributed by atoms with Crippen molar-refractivity contribution in [2.24, 2.45) is 0 Å². The summed E-state index contributed by atoms with van der Waals surface area (Å²) in [4.78, 5) is 35.5. The maximum absolute atomic E-state index is 11.9. The molecule has 21 heavy (non-hydrogen) atoms. The van der Waals surface area contributed by atoms with E-state index in [0.717, 1.165) is 0 Å². The molecule has 0 saturated carbocycles. The van der Waals surface area contributed by atoms with Gasteiger partial charge in [0.1, 0.15) is 0 Å². The Kier molecular flexibility index (Phi) is 3.75. The summed E-state index contributed by atoms with van der Waals surface area (Å²) >= 11 is 0. The molecule has 1 unspecified atom stereocenters. The molecule has 0 saturated heterocycles. The summed E-state index contributed by atoms with van der Waals surface area (Å²) in [5.74, 6) is -0.184. The van der Waals surface area contributed by atoms with Crippen molar-refractivity contribution < 1.29 is 14.5 Å². The highest BCUT2D eigenvalue weighted by molar-refractivity contribution is 5.98. The summed E-state index contributed by atoms with van der Waals surface area (Å²) in [6.45, 7) is 3.09. The highest BCUT2D eigenvalue weighted by Crippen LogP contribution is 2.31. The summed E-state index contributed by atoms with van der Waals surface area (Å²) in [7, 11) is 1.57. The molecular weight excluding hydrogens is 274 g/mol. The Morgan fingerprint density at radius 2 is 2.10 bits per heavy atom. The predicted octanol–water partition coefficient (Wildman–Crippen LogP) is 2.15. The fourth-order valence-electron chi connectivity index (χ4n) is 2.36. The Hall–Kier alpha value is -2.70. The van der Waals surface area contributed by atoms with Crippen LogP contribution in [-0.2, 0) is 4.79 Å². The van der Waals surface area contributed by atoms with Crippen LogP contribution in [0.4, 0.5) is 10.5 Å². The Morgan fingerprint density at radius 3 is 2.67 bits per heavy atom. The van der Waals surface area contributed by atoms with E-state index in [9.17, 15) is 19.7 Å². The lowest BCUT2D eigenvalue weighted by molar-refractivity contribution is -0.384. The molecule has 1 heterocycles. The molecule has 0 bridgehead atoms. The molecule has 110 valence electrons. The molecule has 0 fully saturated rings. The Balaban J connectivity index is 2.56. The number of carbonyl (C=O) groups excluding carboxylic acids is 2. The van der Waals surface area contributed by atoms with Gasteiger partial charge < -0.3 is 10.2 Å². The first-order valence-corrected chi connectivity index (χ1v) is 6.33. The van der Waals surface area contributed by atoms with Crippen LogP contribution >= 0.6 is 0 Å². The zero-order valence-electron chi connectivity index (χ0n) is 11.9. The van der Waals surface area contributed by atoms with Crippen molar-refractivity contribution in [3.05, 3.63) is 51.2 Å². The number of non-ortho nitro benzene ring substituents is 1. The molecule has 1 aliphatic rings. The topological polar surface area (TPSA) is 92.6 Å². The van der Waals surface area contributed by atoms with Crippen molar-refractivity contribution in [1.29, 1.82) is 0 Å². The number of nitro groups is 1. The lowest BCUT2D eigenvalue weighted by Gasteiger charge is -2.33. The number of amides is 2. The second kappa shape index (κ2) is 5.35. The third-order valence-electron chi connectivity index (χ3n) is 3.55. The lowest BCUT2D eigenvalue weighted by Crippen LogP contribution is -2.45. The zero-order valence-corrected chi connectivity index (χ0v) is 11.9. The molecule has 7 heteroatoms. The van der Waals surface area contributed by atoms with Crippen molar-refractivity contribution in [2.45, 2.75) is 19.9 Å². The average Bonchev–Trinajstić information content (AvgIpc) is 2.44. The van der Waals surface area contributed by atoms with E-state index in [0.29, 0.717) is 16.8 Å². The van der Waals surface area contributed by atoms with Gasteiger partial charge in [-0.2, -0.15) is 0 Å². The van der Waals surface area contributed by atoms with Gasteiger partial charge in [-0.1, -0.05) is 12.1 Å². The number of urea groups is 1. The minimum absolute atomic E-state index is 0.0822. The van der Waals surface area contributed by atoms with Crippen molar-refractivity contribution in [2.75, 3.05) is 7.05 Å². The van der Waals surface area contributed by atoms with E-state index >= 15 is 0 Å². The maximum Gasteiger partial charge on any atom is 0.322 e. The molecule has 2 amide bonds. The van der Waals surface area contributed by atoms with Gasteiger partial charge in [0.05, 0.1) is 11.0 Å². The Labute approximate surface area is 121 Å². The van der Waals surface area contributed by atoms with Gasteiger partial charge in [0, 0.05) is 30.5 Å². The molecule has 0 spiro atoms. The van der Waals surface area contributed by atoms with Crippen molar-refractivity contribution in [3.63, 3.8) is 0 Å². The van der Waals surface area contributed by atoms with E-state index in [4.69, 9.17) is 0 Å². The highest BCUT2D eigenvalue weighted by atomic mass is 16.6. The second-order valence-electron chi connectivity index (χ2n) is 4.85. The van der Waals surface area contributed by atoms with Crippen LogP contribution in [0.5, 0.6) is 0 Å². The first-order chi connectivity index (χ1) is 9.82. The molecule has 0 radical (unpaired) electrons. The van der Waals surface area contributed by atoms with Crippen LogP contribution in [0, 0.1) is 10.1 Å². The van der Waals surface area contributed by atoms with Crippen molar-refractivity contribution >= 4 is 17.5 Å². The lowest BCUT2D eigenvalue weighted by atomic mass is 9.92. The monoisotopic (exact) mass is 289 g/mol. The van der Waals surface area contributed by atoms with Crippen LogP contribution < -0.4 is 5.32 Å². The van der Waals surface area contributed by atoms with Crippen LogP contribution in [0.3, 0.4) is 0 Å². The van der Waals surface area contributed by atoms with E-state index in [2.05, 4.69) is 5.32 Å². The first kappa shape index (κ1) is 14.7. The summed E-state index contributed by atoms with van der Waals surface area (Å²) < 4.78 is 0. The number of nitrogens with zero attached hydrogens (tertiary/aromatic N) is 2. The normalized spacial score (nSPS) is 18.5. The number of ketones is 1. The number of nitro benzene ring substituents is 1. The summed E-state index contributed by atoms with van der Waals surface area (Å²) in [6.07, 6.45) is 0. The maximum atomic E-state index is 11.9. The number of rotatable bonds is 3. The number of allylic oxidation sites excluding steroid dienone is 1. The minimum Gasteiger partial charge on any atom is -0.327 e. The fraction of sp³-hybridized carbons (Fsp3) is 0.286. The zero-order chi connectivity index (χ0) is 15.7. The highest BCUT2D eigenvalue weighted by Gasteiger charge is 2.32. The van der Waals surface area contributed by atoms with Crippen LogP contribution in [0.2, 0.25) is 0 Å². The van der Waals surface area contributed by atoms with E-state index in [1.807, 2.05) is 0 Å². The third-order valence-corrected chi connectivity index (χ3v) is 3.55. The predicted molar refractivity (Wildman–Crippen MR) is 75.5 cm³/mol. The van der Waals surface area contributed by atoms with E-state index in [-0.39, 0.29) is 17.5 Å². The fourth-order valence-corrected chi connectivity index (χ4v) is 2.36. The van der Waals surface area contributed by atoms with Gasteiger partial charge in [0.25, 0.3) is 5.69 Å². The van der Waals surface area contributed by atoms with Crippen molar-refractivity contribution in [3.8, 4) is 0 Å². The van der Waals surface area contributed by atoms with Gasteiger partial charge in [-0.25, -0.2) is 4.79 Å². The summed E-state index contributed by atoms with van der Waals surface area (Å²) in [5, 5.41) is 13.6. The largest absolute Gasteiger partial charge is 0.327 e. The Morgan fingerprint density at radius 1 is 1.43 bits per heavy atom. The van der Waals surface area contributed by atoms with Gasteiger partial charge in [-0.3, -0.25) is 14.9 Å². The van der Waals surface area contributed by atoms with Gasteiger partial charge >= 0.3 is 6.03 Å². The van der Waals surface area contributed by atoms with E-state index in [1.54, 1.807) is 20.0 Å². The molecule has 1 aliphatic heterocycles. The molecule has 0 aliphatic carbocycles. The van der Waals surface area contributed by atoms with Gasteiger partial charge in [-0.15, -0.1) is 0 Å². The molecule has 1 atom stereocenters. The van der Waals surface area contributed by atoms with Gasteiger partial charge in [0.2, 0.25) is 0 Å². The quantitative estimate of drug-likeness (QED) is 0.681. The van der Waals surface area contributed by atoms with E-state index in [1.165, 1.54) is 30.0 Å². The molecule has 0 aromatic heterocycles. The molecule has 1 aromatic carbocycles. The molecule has 1 N–H and O–H groups in total. The van der Waals surface area contributed by atoms with Gasteiger partial charge in [0.15, 0.2) is 5.78 Å². The number of nitrogens with one attached hydrogen (secondary N) is 1. The third kappa shape index (κ3) is 2.62. The smallest absolute Gasteiger partial charge is 0.322 e. The van der Waals surface area contributed by atoms with Crippen LogP contribution in [-0.4, -0.2) is 28.7 Å². The molecule has 1 aromatic rings. The Bertz CT molecular complexity index is 666. The second-order valence-corrected chi connectivity index (χ2v) is 4.85.